The van der Waals surface area contributed by atoms with Crippen LogP contribution in [-0.2, 0) is 11.2 Å². The van der Waals surface area contributed by atoms with Crippen LogP contribution >= 0.6 is 11.3 Å². The summed E-state index contributed by atoms with van der Waals surface area (Å²) in [6.45, 7) is 0. The van der Waals surface area contributed by atoms with Gasteiger partial charge in [0.25, 0.3) is 0 Å². The molecule has 1 heterocycles. The number of hydrogen-bond acceptors (Lipinski definition) is 5. The predicted molar refractivity (Wildman–Crippen MR) is 53.4 cm³/mol. The Hall–Kier alpha value is -1.82. The summed E-state index contributed by atoms with van der Waals surface area (Å²) in [6.07, 6.45) is -0.287. The molecule has 2 N–H and O–H groups in total. The second-order valence-corrected chi connectivity index (χ2v) is 3.93. The van der Waals surface area contributed by atoms with Gasteiger partial charge in [0, 0.05) is 11.6 Å². The minimum atomic E-state index is -1.05. The number of benzene rings is 1. The first-order valence-corrected chi connectivity index (χ1v) is 4.85. The summed E-state index contributed by atoms with van der Waals surface area (Å²) in [7, 11) is 0. The van der Waals surface area contributed by atoms with Gasteiger partial charge in [0.15, 0.2) is 5.58 Å². The maximum atomic E-state index is 11.0. The largest absolute Gasteiger partial charge is 0.508 e. The molecule has 0 aliphatic rings. The number of aromatic hydroxyl groups is 1. The van der Waals surface area contributed by atoms with Gasteiger partial charge in [-0.25, -0.2) is 4.79 Å². The number of carbonyl (C=O) groups is 1. The lowest BCUT2D eigenvalue weighted by Crippen LogP contribution is -2.00. The number of rotatable bonds is 2. The summed E-state index contributed by atoms with van der Waals surface area (Å²) in [4.78, 5) is 21.0. The van der Waals surface area contributed by atoms with Crippen LogP contribution in [0.3, 0.4) is 0 Å². The van der Waals surface area contributed by atoms with Crippen molar-refractivity contribution in [3.05, 3.63) is 27.4 Å². The Kier molecular flexibility index (Phi) is 2.20. The van der Waals surface area contributed by atoms with E-state index in [9.17, 15) is 14.7 Å². The van der Waals surface area contributed by atoms with E-state index in [-0.39, 0.29) is 17.8 Å². The second kappa shape index (κ2) is 3.39. The zero-order valence-corrected chi connectivity index (χ0v) is 8.21. The van der Waals surface area contributed by atoms with E-state index in [0.29, 0.717) is 10.3 Å². The van der Waals surface area contributed by atoms with E-state index in [1.165, 1.54) is 12.1 Å². The van der Waals surface area contributed by atoms with Crippen LogP contribution in [0.25, 0.3) is 10.3 Å². The first-order valence-electron chi connectivity index (χ1n) is 4.03. The number of aliphatic carboxylic acids is 1. The second-order valence-electron chi connectivity index (χ2n) is 2.96. The van der Waals surface area contributed by atoms with Gasteiger partial charge >= 0.3 is 10.9 Å². The summed E-state index contributed by atoms with van der Waals surface area (Å²) in [5, 5.41) is 17.9. The third-order valence-electron chi connectivity index (χ3n) is 1.84. The Morgan fingerprint density at radius 2 is 2.20 bits per heavy atom. The highest BCUT2D eigenvalue weighted by Crippen LogP contribution is 2.26. The van der Waals surface area contributed by atoms with Crippen molar-refractivity contribution >= 4 is 27.6 Å². The quantitative estimate of drug-likeness (QED) is 0.802. The van der Waals surface area contributed by atoms with Crippen LogP contribution in [0.1, 0.15) is 5.56 Å². The SMILES string of the molecule is O=C(O)Cc1cc(O)cc2sc(=O)oc12. The van der Waals surface area contributed by atoms with Gasteiger partial charge in [0.2, 0.25) is 0 Å². The molecular weight excluding hydrogens is 220 g/mol. The van der Waals surface area contributed by atoms with E-state index in [1.54, 1.807) is 0 Å². The Bertz CT molecular complexity index is 580. The Balaban J connectivity index is 2.70. The summed E-state index contributed by atoms with van der Waals surface area (Å²) in [6, 6.07) is 2.66. The summed E-state index contributed by atoms with van der Waals surface area (Å²) < 4.78 is 5.30. The Morgan fingerprint density at radius 1 is 1.47 bits per heavy atom. The van der Waals surface area contributed by atoms with E-state index in [0.717, 1.165) is 11.3 Å². The van der Waals surface area contributed by atoms with E-state index < -0.39 is 10.9 Å². The van der Waals surface area contributed by atoms with Crippen LogP contribution in [0.4, 0.5) is 0 Å². The number of phenols is 1. The monoisotopic (exact) mass is 226 g/mol. The fourth-order valence-corrected chi connectivity index (χ4v) is 2.07. The van der Waals surface area contributed by atoms with Crippen LogP contribution in [0.2, 0.25) is 0 Å². The molecule has 2 rings (SSSR count). The number of fused-ring (bicyclic) bond motifs is 1. The standard InChI is InChI=1S/C9H6O5S/c10-5-1-4(2-7(11)12)8-6(3-5)15-9(13)14-8/h1,3,10H,2H2,(H,11,12). The van der Waals surface area contributed by atoms with E-state index in [1.807, 2.05) is 0 Å². The topological polar surface area (TPSA) is 87.7 Å². The zero-order chi connectivity index (χ0) is 11.0. The highest BCUT2D eigenvalue weighted by Gasteiger charge is 2.12. The molecule has 0 spiro atoms. The fourth-order valence-electron chi connectivity index (χ4n) is 1.32. The summed E-state index contributed by atoms with van der Waals surface area (Å²) in [5.41, 5.74) is 0.543. The lowest BCUT2D eigenvalue weighted by Gasteiger charge is -1.98. The molecular formula is C9H6O5S. The Labute approximate surface area is 87.2 Å². The Morgan fingerprint density at radius 3 is 2.87 bits per heavy atom. The fraction of sp³-hybridized carbons (Fsp3) is 0.111. The molecule has 0 radical (unpaired) electrons. The minimum Gasteiger partial charge on any atom is -0.508 e. The molecule has 1 aromatic heterocycles. The molecule has 6 heteroatoms. The van der Waals surface area contributed by atoms with Gasteiger partial charge in [-0.05, 0) is 6.07 Å². The highest BCUT2D eigenvalue weighted by molar-refractivity contribution is 7.16. The van der Waals surface area contributed by atoms with Crippen molar-refractivity contribution in [1.82, 2.24) is 0 Å². The molecule has 0 atom stereocenters. The van der Waals surface area contributed by atoms with E-state index >= 15 is 0 Å². The first-order chi connectivity index (χ1) is 7.06. The number of hydrogen-bond donors (Lipinski definition) is 2. The maximum absolute atomic E-state index is 11.0. The van der Waals surface area contributed by atoms with Crippen LogP contribution in [0.15, 0.2) is 21.3 Å². The van der Waals surface area contributed by atoms with Gasteiger partial charge in [-0.3, -0.25) is 4.79 Å². The van der Waals surface area contributed by atoms with Crippen molar-refractivity contribution in [3.8, 4) is 5.75 Å². The average molecular weight is 226 g/mol. The van der Waals surface area contributed by atoms with E-state index in [2.05, 4.69) is 0 Å². The van der Waals surface area contributed by atoms with Crippen molar-refractivity contribution in [2.45, 2.75) is 6.42 Å². The summed E-state index contributed by atoms with van der Waals surface area (Å²) in [5.74, 6) is -1.12. The molecule has 0 bridgehead atoms. The lowest BCUT2D eigenvalue weighted by molar-refractivity contribution is -0.136. The van der Waals surface area contributed by atoms with Gasteiger partial charge in [-0.2, -0.15) is 0 Å². The van der Waals surface area contributed by atoms with Crippen molar-refractivity contribution in [3.63, 3.8) is 0 Å². The van der Waals surface area contributed by atoms with E-state index in [4.69, 9.17) is 9.52 Å². The highest BCUT2D eigenvalue weighted by atomic mass is 32.1. The zero-order valence-electron chi connectivity index (χ0n) is 7.39. The van der Waals surface area contributed by atoms with Crippen LogP contribution in [-0.4, -0.2) is 16.2 Å². The smallest absolute Gasteiger partial charge is 0.396 e. The van der Waals surface area contributed by atoms with Gasteiger partial charge in [0.05, 0.1) is 11.1 Å². The number of carboxylic acid groups (broad SMARTS) is 1. The molecule has 0 amide bonds. The molecule has 0 aliphatic carbocycles. The first kappa shape index (κ1) is 9.72. The molecule has 0 aliphatic heterocycles. The van der Waals surface area contributed by atoms with Gasteiger partial charge in [-0.15, -0.1) is 0 Å². The lowest BCUT2D eigenvalue weighted by atomic mass is 10.1. The van der Waals surface area contributed by atoms with Crippen LogP contribution in [0, 0.1) is 0 Å². The van der Waals surface area contributed by atoms with Crippen molar-refractivity contribution < 1.29 is 19.4 Å². The normalized spacial score (nSPS) is 10.7. The molecule has 0 unspecified atom stereocenters. The van der Waals surface area contributed by atoms with Gasteiger partial charge in [-0.1, -0.05) is 11.3 Å². The number of carboxylic acids is 1. The molecule has 5 nitrogen and oxygen atoms in total. The third kappa shape index (κ3) is 1.84. The third-order valence-corrected chi connectivity index (χ3v) is 2.61. The van der Waals surface area contributed by atoms with Crippen LogP contribution in [0.5, 0.6) is 5.75 Å². The number of phenolic OH excluding ortho intramolecular Hbond substituents is 1. The molecule has 0 fully saturated rings. The molecule has 0 saturated carbocycles. The van der Waals surface area contributed by atoms with Gasteiger partial charge < -0.3 is 14.6 Å². The predicted octanol–water partition coefficient (Wildman–Crippen LogP) is 1.19. The van der Waals surface area contributed by atoms with Crippen molar-refractivity contribution in [2.24, 2.45) is 0 Å². The molecule has 15 heavy (non-hydrogen) atoms. The molecule has 2 aromatic rings. The molecule has 78 valence electrons. The minimum absolute atomic E-state index is 0.0733. The maximum Gasteiger partial charge on any atom is 0.396 e. The van der Waals surface area contributed by atoms with Crippen molar-refractivity contribution in [2.75, 3.05) is 0 Å². The van der Waals surface area contributed by atoms with Crippen LogP contribution < -0.4 is 4.94 Å². The average Bonchev–Trinajstić information content (AvgIpc) is 2.44. The summed E-state index contributed by atoms with van der Waals surface area (Å²) >= 11 is 0.832. The van der Waals surface area contributed by atoms with Gasteiger partial charge in [0.1, 0.15) is 5.75 Å². The molecule has 0 saturated heterocycles. The van der Waals surface area contributed by atoms with Crippen molar-refractivity contribution in [1.29, 1.82) is 0 Å². The molecule has 1 aromatic carbocycles.